The summed E-state index contributed by atoms with van der Waals surface area (Å²) in [7, 11) is 0. The maximum atomic E-state index is 12.0. The quantitative estimate of drug-likeness (QED) is 0.734. The summed E-state index contributed by atoms with van der Waals surface area (Å²) in [6, 6.07) is 7.15. The molecule has 0 spiro atoms. The van der Waals surface area contributed by atoms with Crippen LogP contribution in [0.1, 0.15) is 40.0 Å². The van der Waals surface area contributed by atoms with Crippen LogP contribution in [0.5, 0.6) is 0 Å². The molecule has 150 valence electrons. The van der Waals surface area contributed by atoms with Crippen LogP contribution < -0.4 is 10.6 Å². The summed E-state index contributed by atoms with van der Waals surface area (Å²) in [5.74, 6) is 0.428. The predicted octanol–water partition coefficient (Wildman–Crippen LogP) is 3.91. The van der Waals surface area contributed by atoms with Gasteiger partial charge in [0.15, 0.2) is 0 Å². The fourth-order valence-corrected chi connectivity index (χ4v) is 3.27. The van der Waals surface area contributed by atoms with Gasteiger partial charge >= 0.3 is 6.09 Å². The number of carbonyl (C=O) groups excluding carboxylic acids is 2. The fraction of sp³-hybridized carbons (Fsp3) is 0.600. The third-order valence-electron chi connectivity index (χ3n) is 4.29. The standard InChI is InChI=1S/C20H30ClN3O3/c1-20(2,3)27-19(26)22-13-15-9-11-24(14-15)10-5-8-18(25)23-17-7-4-6-16(21)12-17/h4,6-7,12,15H,5,8-11,13-14H2,1-3H3,(H,22,26)(H,23,25). The van der Waals surface area contributed by atoms with Gasteiger partial charge in [-0.25, -0.2) is 4.79 Å². The van der Waals surface area contributed by atoms with Crippen LogP contribution >= 0.6 is 11.6 Å². The number of amides is 2. The highest BCUT2D eigenvalue weighted by Crippen LogP contribution is 2.17. The van der Waals surface area contributed by atoms with Gasteiger partial charge in [-0.05, 0) is 70.8 Å². The molecular weight excluding hydrogens is 366 g/mol. The minimum Gasteiger partial charge on any atom is -0.444 e. The molecular formula is C20H30ClN3O3. The molecule has 27 heavy (non-hydrogen) atoms. The van der Waals surface area contributed by atoms with E-state index in [0.717, 1.165) is 38.2 Å². The Bertz CT molecular complexity index is 646. The molecule has 2 rings (SSSR count). The number of hydrogen-bond donors (Lipinski definition) is 2. The van der Waals surface area contributed by atoms with Crippen molar-refractivity contribution >= 4 is 29.3 Å². The Hall–Kier alpha value is -1.79. The van der Waals surface area contributed by atoms with Crippen LogP contribution in [0.3, 0.4) is 0 Å². The number of carbonyl (C=O) groups is 2. The van der Waals surface area contributed by atoms with Crippen molar-refractivity contribution in [3.63, 3.8) is 0 Å². The number of likely N-dealkylation sites (tertiary alicyclic amines) is 1. The average Bonchev–Trinajstić information content (AvgIpc) is 2.99. The first-order valence-electron chi connectivity index (χ1n) is 9.46. The first-order valence-corrected chi connectivity index (χ1v) is 9.84. The Labute approximate surface area is 166 Å². The van der Waals surface area contributed by atoms with E-state index in [1.165, 1.54) is 0 Å². The molecule has 1 aromatic carbocycles. The largest absolute Gasteiger partial charge is 0.444 e. The Kier molecular flexibility index (Phi) is 7.92. The summed E-state index contributed by atoms with van der Waals surface area (Å²) in [4.78, 5) is 26.1. The molecule has 1 aliphatic rings. The van der Waals surface area contributed by atoms with Crippen molar-refractivity contribution in [2.75, 3.05) is 31.5 Å². The topological polar surface area (TPSA) is 70.7 Å². The van der Waals surface area contributed by atoms with Crippen LogP contribution in [0.2, 0.25) is 5.02 Å². The van der Waals surface area contributed by atoms with E-state index >= 15 is 0 Å². The molecule has 0 saturated carbocycles. The summed E-state index contributed by atoms with van der Waals surface area (Å²) in [6.45, 7) is 9.00. The SMILES string of the molecule is CC(C)(C)OC(=O)NCC1CCN(CCCC(=O)Nc2cccc(Cl)c2)C1. The number of nitrogens with one attached hydrogen (secondary N) is 2. The van der Waals surface area contributed by atoms with Crippen molar-refractivity contribution in [3.8, 4) is 0 Å². The minimum atomic E-state index is -0.475. The van der Waals surface area contributed by atoms with E-state index in [1.54, 1.807) is 12.1 Å². The van der Waals surface area contributed by atoms with E-state index in [2.05, 4.69) is 15.5 Å². The third kappa shape index (κ3) is 8.63. The molecule has 2 N–H and O–H groups in total. The molecule has 7 heteroatoms. The maximum absolute atomic E-state index is 12.0. The van der Waals surface area contributed by atoms with Gasteiger partial charge in [0.25, 0.3) is 0 Å². The molecule has 2 amide bonds. The van der Waals surface area contributed by atoms with E-state index in [4.69, 9.17) is 16.3 Å². The zero-order valence-electron chi connectivity index (χ0n) is 16.4. The van der Waals surface area contributed by atoms with Gasteiger partial charge in [0.2, 0.25) is 5.91 Å². The number of anilines is 1. The molecule has 1 fully saturated rings. The molecule has 1 aromatic rings. The molecule has 1 unspecified atom stereocenters. The number of halogens is 1. The van der Waals surface area contributed by atoms with Crippen LogP contribution in [0.4, 0.5) is 10.5 Å². The summed E-state index contributed by atoms with van der Waals surface area (Å²) in [6.07, 6.45) is 1.96. The third-order valence-corrected chi connectivity index (χ3v) is 4.53. The Morgan fingerprint density at radius 3 is 2.81 bits per heavy atom. The van der Waals surface area contributed by atoms with Gasteiger partial charge in [-0.15, -0.1) is 0 Å². The van der Waals surface area contributed by atoms with E-state index in [1.807, 2.05) is 32.9 Å². The number of alkyl carbamates (subject to hydrolysis) is 1. The van der Waals surface area contributed by atoms with Gasteiger partial charge < -0.3 is 20.3 Å². The summed E-state index contributed by atoms with van der Waals surface area (Å²) in [5, 5.41) is 6.32. The predicted molar refractivity (Wildman–Crippen MR) is 108 cm³/mol. The van der Waals surface area contributed by atoms with Gasteiger partial charge in [0, 0.05) is 30.2 Å². The molecule has 0 aromatic heterocycles. The molecule has 0 aliphatic carbocycles. The smallest absolute Gasteiger partial charge is 0.407 e. The molecule has 6 nitrogen and oxygen atoms in total. The van der Waals surface area contributed by atoms with E-state index in [-0.39, 0.29) is 12.0 Å². The van der Waals surface area contributed by atoms with E-state index in [0.29, 0.717) is 23.9 Å². The molecule has 1 aliphatic heterocycles. The molecule has 1 saturated heterocycles. The number of benzene rings is 1. The lowest BCUT2D eigenvalue weighted by Crippen LogP contribution is -2.36. The van der Waals surface area contributed by atoms with Crippen molar-refractivity contribution in [3.05, 3.63) is 29.3 Å². The van der Waals surface area contributed by atoms with Crippen molar-refractivity contribution in [2.45, 2.75) is 45.6 Å². The van der Waals surface area contributed by atoms with Crippen molar-refractivity contribution in [1.29, 1.82) is 0 Å². The Morgan fingerprint density at radius 1 is 1.33 bits per heavy atom. The number of hydrogen-bond acceptors (Lipinski definition) is 4. The van der Waals surface area contributed by atoms with Crippen LogP contribution in [0.15, 0.2) is 24.3 Å². The highest BCUT2D eigenvalue weighted by atomic mass is 35.5. The van der Waals surface area contributed by atoms with Crippen molar-refractivity contribution in [1.82, 2.24) is 10.2 Å². The van der Waals surface area contributed by atoms with Gasteiger partial charge in [-0.3, -0.25) is 4.79 Å². The first kappa shape index (κ1) is 21.5. The highest BCUT2D eigenvalue weighted by molar-refractivity contribution is 6.30. The lowest BCUT2D eigenvalue weighted by Gasteiger charge is -2.21. The number of rotatable bonds is 7. The lowest BCUT2D eigenvalue weighted by atomic mass is 10.1. The average molecular weight is 396 g/mol. The van der Waals surface area contributed by atoms with Crippen LogP contribution in [0.25, 0.3) is 0 Å². The first-order chi connectivity index (χ1) is 12.7. The Balaban J connectivity index is 1.60. The van der Waals surface area contributed by atoms with Crippen LogP contribution in [0, 0.1) is 5.92 Å². The number of nitrogens with zero attached hydrogens (tertiary/aromatic N) is 1. The monoisotopic (exact) mass is 395 g/mol. The zero-order chi connectivity index (χ0) is 19.9. The van der Waals surface area contributed by atoms with Crippen molar-refractivity contribution in [2.24, 2.45) is 5.92 Å². The van der Waals surface area contributed by atoms with Crippen LogP contribution in [-0.4, -0.2) is 48.7 Å². The van der Waals surface area contributed by atoms with Gasteiger partial charge in [0.1, 0.15) is 5.60 Å². The second-order valence-corrected chi connectivity index (χ2v) is 8.44. The second-order valence-electron chi connectivity index (χ2n) is 8.00. The molecule has 1 atom stereocenters. The lowest BCUT2D eigenvalue weighted by molar-refractivity contribution is -0.116. The van der Waals surface area contributed by atoms with E-state index in [9.17, 15) is 9.59 Å². The maximum Gasteiger partial charge on any atom is 0.407 e. The normalized spacial score (nSPS) is 17.6. The summed E-state index contributed by atoms with van der Waals surface area (Å²) in [5.41, 5.74) is 0.249. The summed E-state index contributed by atoms with van der Waals surface area (Å²) < 4.78 is 5.26. The summed E-state index contributed by atoms with van der Waals surface area (Å²) >= 11 is 5.92. The zero-order valence-corrected chi connectivity index (χ0v) is 17.1. The molecule has 0 bridgehead atoms. The number of ether oxygens (including phenoxy) is 1. The van der Waals surface area contributed by atoms with Gasteiger partial charge in [0.05, 0.1) is 0 Å². The molecule has 1 heterocycles. The van der Waals surface area contributed by atoms with Gasteiger partial charge in [-0.2, -0.15) is 0 Å². The fourth-order valence-electron chi connectivity index (χ4n) is 3.08. The van der Waals surface area contributed by atoms with Crippen LogP contribution in [-0.2, 0) is 9.53 Å². The highest BCUT2D eigenvalue weighted by Gasteiger charge is 2.23. The minimum absolute atomic E-state index is 0.000365. The molecule has 0 radical (unpaired) electrons. The Morgan fingerprint density at radius 2 is 2.11 bits per heavy atom. The second kappa shape index (κ2) is 9.95. The van der Waals surface area contributed by atoms with Crippen molar-refractivity contribution < 1.29 is 14.3 Å². The van der Waals surface area contributed by atoms with E-state index < -0.39 is 5.60 Å². The van der Waals surface area contributed by atoms with Gasteiger partial charge in [-0.1, -0.05) is 17.7 Å².